The molecule has 0 rings (SSSR count). The highest BCUT2D eigenvalue weighted by Crippen LogP contribution is 2.43. The minimum absolute atomic E-state index is 0.0506. The van der Waals surface area contributed by atoms with Gasteiger partial charge in [-0.25, -0.2) is 4.57 Å². The summed E-state index contributed by atoms with van der Waals surface area (Å²) in [6.45, 7) is 4.75. The Hall–Kier alpha value is -1.80. The molecule has 0 aromatic rings. The minimum Gasteiger partial charge on any atom is -0.387 e. The molecule has 0 aliphatic carbocycles. The van der Waals surface area contributed by atoms with Gasteiger partial charge in [0.1, 0.15) is 13.2 Å². The van der Waals surface area contributed by atoms with Gasteiger partial charge < -0.3 is 19.8 Å². The summed E-state index contributed by atoms with van der Waals surface area (Å²) in [6, 6.07) is -0.873. The van der Waals surface area contributed by atoms with Crippen LogP contribution in [0.15, 0.2) is 60.8 Å². The second kappa shape index (κ2) is 41.5. The quantitative estimate of drug-likeness (QED) is 0.0244. The maximum Gasteiger partial charge on any atom is 0.472 e. The molecule has 0 saturated carbocycles. The van der Waals surface area contributed by atoms with Gasteiger partial charge in [0.25, 0.3) is 0 Å². The van der Waals surface area contributed by atoms with Gasteiger partial charge in [0.15, 0.2) is 0 Å². The van der Waals surface area contributed by atoms with Crippen LogP contribution in [0.3, 0.4) is 0 Å². The van der Waals surface area contributed by atoms with Gasteiger partial charge in [-0.1, -0.05) is 177 Å². The molecule has 0 aliphatic rings. The van der Waals surface area contributed by atoms with Crippen molar-refractivity contribution in [1.82, 2.24) is 5.32 Å². The molecule has 0 aromatic carbocycles. The Labute approximate surface area is 364 Å². The summed E-state index contributed by atoms with van der Waals surface area (Å²) in [7, 11) is 1.54. The molecule has 0 fully saturated rings. The zero-order valence-electron chi connectivity index (χ0n) is 39.0. The number of unbranched alkanes of at least 4 members (excludes halogenated alkanes) is 22. The van der Waals surface area contributed by atoms with E-state index in [1.54, 1.807) is 6.08 Å². The molecule has 0 bridgehead atoms. The number of quaternary nitrogens is 1. The van der Waals surface area contributed by atoms with Crippen molar-refractivity contribution in [3.8, 4) is 0 Å². The van der Waals surface area contributed by atoms with Gasteiger partial charge in [-0.05, 0) is 77.0 Å². The van der Waals surface area contributed by atoms with E-state index in [0.717, 1.165) is 51.4 Å². The molecule has 9 heteroatoms. The van der Waals surface area contributed by atoms with Crippen molar-refractivity contribution in [2.45, 2.75) is 212 Å². The van der Waals surface area contributed by atoms with E-state index in [-0.39, 0.29) is 19.1 Å². The number of aliphatic hydroxyl groups excluding tert-OH is 1. The Balaban J connectivity index is 4.42. The number of nitrogens with one attached hydrogen (secondary N) is 1. The Kier molecular flexibility index (Phi) is 40.3. The number of hydrogen-bond acceptors (Lipinski definition) is 5. The van der Waals surface area contributed by atoms with Gasteiger partial charge >= 0.3 is 7.82 Å². The highest BCUT2D eigenvalue weighted by Gasteiger charge is 2.27. The number of nitrogens with zero attached hydrogens (tertiary/aromatic N) is 1. The normalized spacial score (nSPS) is 14.8. The maximum atomic E-state index is 12.9. The van der Waals surface area contributed by atoms with E-state index >= 15 is 0 Å². The Morgan fingerprint density at radius 2 is 0.983 bits per heavy atom. The predicted octanol–water partition coefficient (Wildman–Crippen LogP) is 13.8. The number of likely N-dealkylation sites (N-methyl/N-ethyl adjacent to an activating group) is 1. The second-order valence-electron chi connectivity index (χ2n) is 17.5. The van der Waals surface area contributed by atoms with Crippen molar-refractivity contribution >= 4 is 13.7 Å². The number of phosphoric acid groups is 1. The molecule has 3 N–H and O–H groups in total. The Morgan fingerprint density at radius 3 is 1.46 bits per heavy atom. The average Bonchev–Trinajstić information content (AvgIpc) is 3.19. The molecule has 0 spiro atoms. The zero-order valence-corrected chi connectivity index (χ0v) is 39.9. The molecular weight excluding hydrogens is 756 g/mol. The van der Waals surface area contributed by atoms with Crippen molar-refractivity contribution in [2.75, 3.05) is 40.9 Å². The molecule has 59 heavy (non-hydrogen) atoms. The molecule has 3 unspecified atom stereocenters. The number of hydrogen-bond donors (Lipinski definition) is 3. The highest BCUT2D eigenvalue weighted by molar-refractivity contribution is 7.47. The molecule has 8 nitrogen and oxygen atoms in total. The number of allylic oxidation sites excluding steroid dienone is 9. The van der Waals surface area contributed by atoms with Crippen LogP contribution >= 0.6 is 7.82 Å². The van der Waals surface area contributed by atoms with Crippen molar-refractivity contribution < 1.29 is 32.9 Å². The summed E-state index contributed by atoms with van der Waals surface area (Å²) >= 11 is 0. The first kappa shape index (κ1) is 57.2. The lowest BCUT2D eigenvalue weighted by Crippen LogP contribution is -2.45. The van der Waals surface area contributed by atoms with Gasteiger partial charge in [0, 0.05) is 6.42 Å². The Morgan fingerprint density at radius 1 is 0.576 bits per heavy atom. The SMILES string of the molecule is CCCCCCC/C=C\C/C=C\CCCCCCCCCCCC(=O)NC(COP(=O)(O)OCC[N+](C)(C)C)C(O)/C=C/CC/C=C/CC/C=C/CCCCCCCC. The van der Waals surface area contributed by atoms with E-state index in [2.05, 4.69) is 67.8 Å². The van der Waals surface area contributed by atoms with Crippen LogP contribution in [0.1, 0.15) is 200 Å². The number of amides is 1. The molecule has 0 aliphatic heterocycles. The minimum atomic E-state index is -4.35. The summed E-state index contributed by atoms with van der Waals surface area (Å²) in [5, 5.41) is 13.8. The largest absolute Gasteiger partial charge is 0.472 e. The summed E-state index contributed by atoms with van der Waals surface area (Å²) < 4.78 is 23.6. The number of carbonyl (C=O) groups excluding carboxylic acids is 1. The predicted molar refractivity (Wildman–Crippen MR) is 254 cm³/mol. The topological polar surface area (TPSA) is 105 Å². The number of carbonyl (C=O) groups is 1. The third kappa shape index (κ3) is 44.1. The van der Waals surface area contributed by atoms with Gasteiger partial charge in [-0.3, -0.25) is 13.8 Å². The lowest BCUT2D eigenvalue weighted by molar-refractivity contribution is -0.870. The first-order valence-corrected chi connectivity index (χ1v) is 25.7. The van der Waals surface area contributed by atoms with E-state index in [9.17, 15) is 19.4 Å². The molecule has 0 saturated heterocycles. The molecular formula is C50H94N2O6P+. The van der Waals surface area contributed by atoms with E-state index in [4.69, 9.17) is 9.05 Å². The Bertz CT molecular complexity index is 1140. The second-order valence-corrected chi connectivity index (χ2v) is 18.9. The van der Waals surface area contributed by atoms with Crippen LogP contribution < -0.4 is 5.32 Å². The van der Waals surface area contributed by atoms with Gasteiger partial charge in [0.05, 0.1) is 39.9 Å². The third-order valence-corrected chi connectivity index (χ3v) is 11.4. The standard InChI is InChI=1S/C50H93N2O6P/c1-6-8-10-12-14-16-18-20-22-24-25-26-27-28-30-32-34-36-38-40-42-44-50(54)51-48(47-58-59(55,56)57-46-45-52(3,4)5)49(53)43-41-39-37-35-33-31-29-23-21-19-17-15-13-11-9-7-2/h18,20-21,23-25,33,35,41,43,48-49,53H,6-17,19,22,26-32,34,36-40,42,44-47H2,1-5H3,(H-,51,54,55,56)/p+1/b20-18-,23-21+,25-24-,35-33+,43-41+. The van der Waals surface area contributed by atoms with E-state index in [1.165, 1.54) is 128 Å². The van der Waals surface area contributed by atoms with Crippen molar-refractivity contribution in [2.24, 2.45) is 0 Å². The summed E-state index contributed by atoms with van der Waals surface area (Å²) in [5.41, 5.74) is 0. The van der Waals surface area contributed by atoms with Crippen LogP contribution in [-0.4, -0.2) is 73.4 Å². The smallest absolute Gasteiger partial charge is 0.387 e. The van der Waals surface area contributed by atoms with E-state index in [1.807, 2.05) is 27.2 Å². The van der Waals surface area contributed by atoms with Gasteiger partial charge in [-0.15, -0.1) is 0 Å². The van der Waals surface area contributed by atoms with Gasteiger partial charge in [0.2, 0.25) is 5.91 Å². The maximum absolute atomic E-state index is 12.9. The fraction of sp³-hybridized carbons (Fsp3) is 0.780. The molecule has 0 aromatic heterocycles. The monoisotopic (exact) mass is 850 g/mol. The first-order chi connectivity index (χ1) is 28.5. The van der Waals surface area contributed by atoms with Crippen molar-refractivity contribution in [3.63, 3.8) is 0 Å². The van der Waals surface area contributed by atoms with Crippen LogP contribution in [0.4, 0.5) is 0 Å². The fourth-order valence-corrected chi connectivity index (χ4v) is 7.31. The lowest BCUT2D eigenvalue weighted by Gasteiger charge is -2.25. The van der Waals surface area contributed by atoms with Gasteiger partial charge in [-0.2, -0.15) is 0 Å². The fourth-order valence-electron chi connectivity index (χ4n) is 6.57. The van der Waals surface area contributed by atoms with E-state index in [0.29, 0.717) is 17.4 Å². The van der Waals surface area contributed by atoms with E-state index < -0.39 is 20.0 Å². The zero-order chi connectivity index (χ0) is 43.6. The molecule has 1 amide bonds. The van der Waals surface area contributed by atoms with Crippen LogP contribution in [0.5, 0.6) is 0 Å². The summed E-state index contributed by atoms with van der Waals surface area (Å²) in [5.74, 6) is -0.198. The first-order valence-electron chi connectivity index (χ1n) is 24.2. The van der Waals surface area contributed by atoms with Crippen LogP contribution in [0.25, 0.3) is 0 Å². The van der Waals surface area contributed by atoms with Crippen LogP contribution in [0.2, 0.25) is 0 Å². The highest BCUT2D eigenvalue weighted by atomic mass is 31.2. The molecule has 0 radical (unpaired) electrons. The van der Waals surface area contributed by atoms with Crippen LogP contribution in [-0.2, 0) is 18.4 Å². The van der Waals surface area contributed by atoms with Crippen molar-refractivity contribution in [1.29, 1.82) is 0 Å². The molecule has 0 heterocycles. The number of rotatable bonds is 43. The average molecular weight is 850 g/mol. The van der Waals surface area contributed by atoms with Crippen LogP contribution in [0, 0.1) is 0 Å². The molecule has 3 atom stereocenters. The number of phosphoric ester groups is 1. The third-order valence-electron chi connectivity index (χ3n) is 10.4. The summed E-state index contributed by atoms with van der Waals surface area (Å²) in [6.07, 6.45) is 54.4. The van der Waals surface area contributed by atoms with Crippen molar-refractivity contribution in [3.05, 3.63) is 60.8 Å². The molecule has 344 valence electrons. The lowest BCUT2D eigenvalue weighted by atomic mass is 10.1. The number of aliphatic hydroxyl groups is 1. The summed E-state index contributed by atoms with van der Waals surface area (Å²) in [4.78, 5) is 23.2.